The first-order chi connectivity index (χ1) is 43.8. The molecule has 0 radical (unpaired) electrons. The van der Waals surface area contributed by atoms with Crippen molar-refractivity contribution in [3.8, 4) is 33.6 Å². The van der Waals surface area contributed by atoms with Gasteiger partial charge in [0.05, 0.1) is 33.4 Å². The highest BCUT2D eigenvalue weighted by Crippen LogP contribution is 2.53. The minimum Gasteiger partial charge on any atom is -0.311 e. The number of anilines is 6. The Morgan fingerprint density at radius 2 is 0.714 bits per heavy atom. The number of aromatic nitrogens is 2. The second-order valence-electron chi connectivity index (χ2n) is 30.6. The number of benzene rings is 11. The fraction of sp³-hybridized carbons (Fsp3) is 0.233. The van der Waals surface area contributed by atoms with Crippen molar-refractivity contribution in [1.82, 2.24) is 9.13 Å². The summed E-state index contributed by atoms with van der Waals surface area (Å²) in [7, 11) is 0. The molecule has 17 rings (SSSR count). The summed E-state index contributed by atoms with van der Waals surface area (Å²) in [6.07, 6.45) is 4.67. The third kappa shape index (κ3) is 8.28. The van der Waals surface area contributed by atoms with Gasteiger partial charge in [0.1, 0.15) is 0 Å². The van der Waals surface area contributed by atoms with E-state index in [0.29, 0.717) is 0 Å². The molecule has 0 atom stereocenters. The van der Waals surface area contributed by atoms with Gasteiger partial charge >= 0.3 is 0 Å². The number of fused-ring (bicyclic) bond motifs is 12. The summed E-state index contributed by atoms with van der Waals surface area (Å²) in [5.74, 6) is 0. The van der Waals surface area contributed by atoms with Crippen molar-refractivity contribution in [3.63, 3.8) is 0 Å². The summed E-state index contributed by atoms with van der Waals surface area (Å²) in [5.41, 5.74) is 30.4. The minimum atomic E-state index is -0.176. The van der Waals surface area contributed by atoms with E-state index in [1.54, 1.807) is 0 Å². The van der Waals surface area contributed by atoms with Crippen LogP contribution in [0.5, 0.6) is 0 Å². The summed E-state index contributed by atoms with van der Waals surface area (Å²) >= 11 is 0. The van der Waals surface area contributed by atoms with Gasteiger partial charge in [-0.15, -0.1) is 0 Å². The van der Waals surface area contributed by atoms with Gasteiger partial charge in [0.2, 0.25) is 0 Å². The Labute approximate surface area is 537 Å². The smallest absolute Gasteiger partial charge is 0.252 e. The Kier molecular flexibility index (Phi) is 12.0. The van der Waals surface area contributed by atoms with Crippen molar-refractivity contribution >= 4 is 101 Å². The molecule has 0 N–H and O–H groups in total. The maximum absolute atomic E-state index is 2.64. The van der Waals surface area contributed by atoms with Gasteiger partial charge in [0.25, 0.3) is 6.71 Å². The Bertz CT molecular complexity index is 5140. The van der Waals surface area contributed by atoms with Crippen LogP contribution < -0.4 is 26.2 Å². The zero-order chi connectivity index (χ0) is 62.3. The molecule has 4 heterocycles. The summed E-state index contributed by atoms with van der Waals surface area (Å²) in [6.45, 7) is 26.5. The van der Waals surface area contributed by atoms with Gasteiger partial charge in [-0.1, -0.05) is 228 Å². The van der Waals surface area contributed by atoms with Gasteiger partial charge in [-0.2, -0.15) is 0 Å². The van der Waals surface area contributed by atoms with Crippen LogP contribution in [0.3, 0.4) is 0 Å². The Morgan fingerprint density at radius 3 is 1.20 bits per heavy atom. The third-order valence-corrected chi connectivity index (χ3v) is 22.2. The molecule has 0 amide bonds. The zero-order valence-corrected chi connectivity index (χ0v) is 54.6. The second kappa shape index (κ2) is 19.6. The highest BCUT2D eigenvalue weighted by molar-refractivity contribution is 7.00. The van der Waals surface area contributed by atoms with E-state index < -0.39 is 0 Å². The van der Waals surface area contributed by atoms with E-state index in [-0.39, 0.29) is 33.8 Å². The van der Waals surface area contributed by atoms with Crippen LogP contribution in [0.2, 0.25) is 0 Å². The molecule has 2 aliphatic heterocycles. The number of rotatable bonds is 6. The quantitative estimate of drug-likeness (QED) is 0.154. The molecule has 0 unspecified atom stereocenters. The number of para-hydroxylation sites is 6. The molecule has 0 fully saturated rings. The van der Waals surface area contributed by atoms with Gasteiger partial charge in [-0.3, -0.25) is 0 Å². The molecule has 446 valence electrons. The predicted octanol–water partition coefficient (Wildman–Crippen LogP) is 21.3. The summed E-state index contributed by atoms with van der Waals surface area (Å²) < 4.78 is 5.10. The van der Waals surface area contributed by atoms with E-state index in [4.69, 9.17) is 0 Å². The average Bonchev–Trinajstić information content (AvgIpc) is 0.723. The molecule has 0 saturated carbocycles. The van der Waals surface area contributed by atoms with Gasteiger partial charge in [0.15, 0.2) is 0 Å². The average molecular weight is 1180 g/mol. The highest BCUT2D eigenvalue weighted by atomic mass is 15.2. The SMILES string of the molecule is CC(C)(C)c1cccc2c3ccccc3n(-c3ccc4c(c3)B3c5cc(-n6c7ccccc7c7ccccc76)ccc5N(c5ccccc5-c5ccc6c(c5)C(C)(C)CCC6(C)C)c5cccc(c53)N4c3ccccc3-c3ccc4c(c3)C(C)(C)CCC4(C)C)c12. The van der Waals surface area contributed by atoms with Gasteiger partial charge in [-0.05, 0) is 187 Å². The van der Waals surface area contributed by atoms with Crippen LogP contribution in [0.4, 0.5) is 34.1 Å². The third-order valence-electron chi connectivity index (χ3n) is 22.2. The van der Waals surface area contributed by atoms with Gasteiger partial charge in [-0.25, -0.2) is 0 Å². The van der Waals surface area contributed by atoms with E-state index >= 15 is 0 Å². The van der Waals surface area contributed by atoms with Crippen LogP contribution >= 0.6 is 0 Å². The maximum Gasteiger partial charge on any atom is 0.252 e. The second-order valence-corrected chi connectivity index (χ2v) is 30.6. The molecule has 13 aromatic rings. The highest BCUT2D eigenvalue weighted by Gasteiger charge is 2.46. The van der Waals surface area contributed by atoms with Crippen molar-refractivity contribution in [1.29, 1.82) is 0 Å². The van der Waals surface area contributed by atoms with Gasteiger partial charge < -0.3 is 18.9 Å². The van der Waals surface area contributed by atoms with E-state index in [2.05, 4.69) is 326 Å². The van der Waals surface area contributed by atoms with Crippen molar-refractivity contribution in [2.45, 2.75) is 129 Å². The van der Waals surface area contributed by atoms with Crippen molar-refractivity contribution in [3.05, 3.63) is 258 Å². The summed E-state index contributed by atoms with van der Waals surface area (Å²) in [4.78, 5) is 5.28. The lowest BCUT2D eigenvalue weighted by atomic mass is 9.33. The van der Waals surface area contributed by atoms with Crippen LogP contribution in [0.1, 0.15) is 130 Å². The lowest BCUT2D eigenvalue weighted by molar-refractivity contribution is 0.332. The van der Waals surface area contributed by atoms with E-state index in [1.165, 1.54) is 157 Å². The topological polar surface area (TPSA) is 16.3 Å². The number of nitrogens with zero attached hydrogens (tertiary/aromatic N) is 4. The van der Waals surface area contributed by atoms with Crippen molar-refractivity contribution in [2.75, 3.05) is 9.80 Å². The fourth-order valence-electron chi connectivity index (χ4n) is 17.1. The molecule has 2 aliphatic carbocycles. The largest absolute Gasteiger partial charge is 0.311 e. The molecule has 0 bridgehead atoms. The molecule has 0 spiro atoms. The molecule has 4 aliphatic rings. The molecule has 91 heavy (non-hydrogen) atoms. The standard InChI is InChI=1S/C86H79BN4/c1-82(2,3)66-30-22-29-63-62-28-16-21-35-75(62)89(81(63)66)57-41-45-77-70(53-57)87-69-52-56(88-73-33-19-14-26-60(73)61-27-15-20-34-74(61)88)40-44-76(69)90(71-31-17-12-24-58(71)54-38-42-64-67(50-54)85(8,9)48-46-83(64,4)5)78-36-23-37-79(80(78)87)91(77)72-32-18-13-25-59(72)55-39-43-65-68(51-55)86(10,11)49-47-84(65,6)7/h12-45,50-53H,46-49H2,1-11H3. The molecular formula is C86H79BN4. The summed E-state index contributed by atoms with van der Waals surface area (Å²) in [5, 5.41) is 5.05. The molecule has 2 aromatic heterocycles. The molecule has 5 heteroatoms. The normalized spacial score (nSPS) is 16.6. The first-order valence-electron chi connectivity index (χ1n) is 33.3. The van der Waals surface area contributed by atoms with Gasteiger partial charge in [0, 0.05) is 66.8 Å². The fourth-order valence-corrected chi connectivity index (χ4v) is 17.1. The van der Waals surface area contributed by atoms with Crippen molar-refractivity contribution in [2.24, 2.45) is 0 Å². The molecule has 4 nitrogen and oxygen atoms in total. The van der Waals surface area contributed by atoms with Crippen LogP contribution in [-0.2, 0) is 27.1 Å². The first-order valence-corrected chi connectivity index (χ1v) is 33.3. The Hall–Kier alpha value is -9.32. The van der Waals surface area contributed by atoms with E-state index in [9.17, 15) is 0 Å². The lowest BCUT2D eigenvalue weighted by Crippen LogP contribution is -2.61. The minimum absolute atomic E-state index is 0.0481. The maximum atomic E-state index is 2.64. The number of hydrogen-bond donors (Lipinski definition) is 0. The molecule has 11 aromatic carbocycles. The number of hydrogen-bond acceptors (Lipinski definition) is 2. The Morgan fingerprint density at radius 1 is 0.330 bits per heavy atom. The first kappa shape index (κ1) is 55.7. The lowest BCUT2D eigenvalue weighted by Gasteiger charge is -2.45. The van der Waals surface area contributed by atoms with Crippen molar-refractivity contribution < 1.29 is 0 Å². The van der Waals surface area contributed by atoms with Crippen LogP contribution in [0.15, 0.2) is 231 Å². The predicted molar refractivity (Wildman–Crippen MR) is 389 cm³/mol. The van der Waals surface area contributed by atoms with Crippen LogP contribution in [0.25, 0.3) is 77.2 Å². The molecular weight excluding hydrogens is 1100 g/mol. The molecule has 0 saturated heterocycles. The van der Waals surface area contributed by atoms with Crippen LogP contribution in [0, 0.1) is 0 Å². The zero-order valence-electron chi connectivity index (χ0n) is 54.6. The Balaban J connectivity index is 0.975. The monoisotopic (exact) mass is 1180 g/mol. The summed E-state index contributed by atoms with van der Waals surface area (Å²) in [6, 6.07) is 89.3. The van der Waals surface area contributed by atoms with E-state index in [0.717, 1.165) is 24.2 Å². The van der Waals surface area contributed by atoms with E-state index in [1.807, 2.05) is 0 Å². The van der Waals surface area contributed by atoms with Crippen LogP contribution in [-0.4, -0.2) is 15.8 Å².